The summed E-state index contributed by atoms with van der Waals surface area (Å²) in [6, 6.07) is 0. The molecule has 546 valence electrons. The minimum atomic E-state index is -4.95. The van der Waals surface area contributed by atoms with Gasteiger partial charge in [0.05, 0.1) is 26.4 Å². The first-order valence-corrected chi connectivity index (χ1v) is 40.7. The largest absolute Gasteiger partial charge is 0.472 e. The highest BCUT2D eigenvalue weighted by atomic mass is 31.2. The van der Waals surface area contributed by atoms with Crippen molar-refractivity contribution in [2.24, 2.45) is 23.7 Å². The third kappa shape index (κ3) is 65.4. The van der Waals surface area contributed by atoms with Crippen molar-refractivity contribution in [1.82, 2.24) is 0 Å². The molecule has 0 bridgehead atoms. The Balaban J connectivity index is 5.11. The third-order valence-corrected chi connectivity index (χ3v) is 19.1. The standard InChI is InChI=1S/C73H142O17P2/c1-9-66(8)52-44-36-27-20-18-16-14-12-10-11-13-15-17-19-21-28-37-45-53-70(75)83-59-68(89-72(77)55-47-39-29-23-22-25-33-41-49-63(2)3)61-87-91(79,80)85-57-67(74)58-86-92(81,82)88-62-69(60-84-71(76)54-46-38-32-31-35-43-51-65(6)7)90-73(78)56-48-40-30-24-26-34-42-50-64(4)5/h63-69,74H,9-62H2,1-8H3,(H,79,80)(H,81,82)/t66?,67-,68-,69-/m1/s1. The number of rotatable bonds is 70. The van der Waals surface area contributed by atoms with E-state index in [0.29, 0.717) is 37.5 Å². The van der Waals surface area contributed by atoms with E-state index in [9.17, 15) is 43.2 Å². The van der Waals surface area contributed by atoms with Crippen molar-refractivity contribution in [2.75, 3.05) is 39.6 Å². The number of phosphoric acid groups is 2. The molecule has 0 saturated heterocycles. The van der Waals surface area contributed by atoms with Crippen molar-refractivity contribution in [2.45, 2.75) is 382 Å². The average Bonchev–Trinajstić information content (AvgIpc) is 2.50. The van der Waals surface area contributed by atoms with Gasteiger partial charge in [-0.05, 0) is 49.4 Å². The highest BCUT2D eigenvalue weighted by Gasteiger charge is 2.30. The number of unbranched alkanes of at least 4 members (excludes halogenated alkanes) is 35. The number of phosphoric ester groups is 2. The topological polar surface area (TPSA) is 237 Å². The van der Waals surface area contributed by atoms with E-state index >= 15 is 0 Å². The van der Waals surface area contributed by atoms with E-state index in [2.05, 4.69) is 55.4 Å². The van der Waals surface area contributed by atoms with E-state index in [1.165, 1.54) is 161 Å². The lowest BCUT2D eigenvalue weighted by molar-refractivity contribution is -0.161. The zero-order chi connectivity index (χ0) is 68.2. The van der Waals surface area contributed by atoms with Crippen LogP contribution in [0, 0.1) is 23.7 Å². The van der Waals surface area contributed by atoms with E-state index in [4.69, 9.17) is 37.0 Å². The molecule has 19 heteroatoms. The smallest absolute Gasteiger partial charge is 0.462 e. The monoisotopic (exact) mass is 1350 g/mol. The number of carbonyl (C=O) groups excluding carboxylic acids is 4. The van der Waals surface area contributed by atoms with Crippen LogP contribution < -0.4 is 0 Å². The van der Waals surface area contributed by atoms with Gasteiger partial charge in [0.1, 0.15) is 19.3 Å². The van der Waals surface area contributed by atoms with Crippen LogP contribution in [0.25, 0.3) is 0 Å². The van der Waals surface area contributed by atoms with Crippen LogP contribution in [-0.4, -0.2) is 96.7 Å². The second kappa shape index (κ2) is 62.6. The van der Waals surface area contributed by atoms with Gasteiger partial charge in [-0.25, -0.2) is 9.13 Å². The normalized spacial score (nSPS) is 14.5. The Morgan fingerprint density at radius 2 is 0.522 bits per heavy atom. The Kier molecular flexibility index (Phi) is 61.3. The molecule has 0 aliphatic heterocycles. The Hall–Kier alpha value is -1.94. The van der Waals surface area contributed by atoms with Crippen molar-refractivity contribution in [1.29, 1.82) is 0 Å². The van der Waals surface area contributed by atoms with Gasteiger partial charge in [0.25, 0.3) is 0 Å². The highest BCUT2D eigenvalue weighted by Crippen LogP contribution is 2.45. The van der Waals surface area contributed by atoms with Crippen LogP contribution in [0.3, 0.4) is 0 Å². The van der Waals surface area contributed by atoms with Crippen LogP contribution in [0.4, 0.5) is 0 Å². The van der Waals surface area contributed by atoms with Gasteiger partial charge in [-0.1, -0.05) is 312 Å². The molecule has 0 saturated carbocycles. The summed E-state index contributed by atoms with van der Waals surface area (Å²) in [6.45, 7) is 14.0. The van der Waals surface area contributed by atoms with Gasteiger partial charge < -0.3 is 33.8 Å². The van der Waals surface area contributed by atoms with Gasteiger partial charge in [-0.3, -0.25) is 37.3 Å². The number of carbonyl (C=O) groups is 4. The lowest BCUT2D eigenvalue weighted by Crippen LogP contribution is -2.30. The van der Waals surface area contributed by atoms with Crippen molar-refractivity contribution in [3.05, 3.63) is 0 Å². The molecule has 17 nitrogen and oxygen atoms in total. The lowest BCUT2D eigenvalue weighted by atomic mass is 9.99. The number of aliphatic hydroxyl groups is 1. The molecule has 0 radical (unpaired) electrons. The summed E-state index contributed by atoms with van der Waals surface area (Å²) in [6.07, 6.45) is 46.3. The number of ether oxygens (including phenoxy) is 4. The molecule has 3 N–H and O–H groups in total. The average molecular weight is 1350 g/mol. The molecule has 92 heavy (non-hydrogen) atoms. The molecule has 0 fully saturated rings. The number of hydrogen-bond acceptors (Lipinski definition) is 15. The van der Waals surface area contributed by atoms with E-state index < -0.39 is 97.5 Å². The summed E-state index contributed by atoms with van der Waals surface area (Å²) in [7, 11) is -9.90. The maximum absolute atomic E-state index is 13.0. The van der Waals surface area contributed by atoms with Crippen molar-refractivity contribution >= 4 is 39.5 Å². The minimum absolute atomic E-state index is 0.102. The second-order valence-corrected chi connectivity index (χ2v) is 30.9. The van der Waals surface area contributed by atoms with E-state index in [1.807, 2.05) is 0 Å². The number of aliphatic hydroxyl groups excluding tert-OH is 1. The van der Waals surface area contributed by atoms with Crippen LogP contribution in [0.1, 0.15) is 364 Å². The van der Waals surface area contributed by atoms with Crippen molar-refractivity contribution in [3.63, 3.8) is 0 Å². The van der Waals surface area contributed by atoms with Crippen molar-refractivity contribution < 1.29 is 80.2 Å². The Labute approximate surface area is 562 Å². The molecule has 0 heterocycles. The van der Waals surface area contributed by atoms with Crippen LogP contribution in [0.15, 0.2) is 0 Å². The summed E-state index contributed by atoms with van der Waals surface area (Å²) in [5.74, 6) is 0.834. The van der Waals surface area contributed by atoms with E-state index in [0.717, 1.165) is 108 Å². The van der Waals surface area contributed by atoms with Crippen LogP contribution >= 0.6 is 15.6 Å². The zero-order valence-corrected chi connectivity index (χ0v) is 62.0. The molecule has 3 unspecified atom stereocenters. The summed E-state index contributed by atoms with van der Waals surface area (Å²) < 4.78 is 68.2. The first kappa shape index (κ1) is 90.1. The van der Waals surface area contributed by atoms with Crippen LogP contribution in [0.2, 0.25) is 0 Å². The predicted molar refractivity (Wildman–Crippen MR) is 372 cm³/mol. The van der Waals surface area contributed by atoms with Gasteiger partial charge in [-0.2, -0.15) is 0 Å². The zero-order valence-electron chi connectivity index (χ0n) is 60.2. The predicted octanol–water partition coefficient (Wildman–Crippen LogP) is 20.9. The lowest BCUT2D eigenvalue weighted by Gasteiger charge is -2.21. The Morgan fingerprint density at radius 3 is 0.772 bits per heavy atom. The van der Waals surface area contributed by atoms with E-state index in [1.54, 1.807) is 0 Å². The van der Waals surface area contributed by atoms with Gasteiger partial charge in [-0.15, -0.1) is 0 Å². The molecule has 0 rings (SSSR count). The molecular formula is C73H142O17P2. The van der Waals surface area contributed by atoms with Crippen LogP contribution in [-0.2, 0) is 65.4 Å². The molecule has 6 atom stereocenters. The van der Waals surface area contributed by atoms with E-state index in [-0.39, 0.29) is 25.7 Å². The Bertz CT molecular complexity index is 1820. The fourth-order valence-electron chi connectivity index (χ4n) is 11.0. The quantitative estimate of drug-likeness (QED) is 0.0222. The SMILES string of the molecule is CCC(C)CCCCCCCCCCCCCCCCCCCCC(=O)OC[C@H](COP(=O)(O)OC[C@@H](O)COP(=O)(O)OC[C@@H](COC(=O)CCCCCCCCC(C)C)OC(=O)CCCCCCCCCC(C)C)OC(=O)CCCCCCCCCCC(C)C. The minimum Gasteiger partial charge on any atom is -0.462 e. The van der Waals surface area contributed by atoms with Crippen molar-refractivity contribution in [3.8, 4) is 0 Å². The molecule has 0 aromatic heterocycles. The number of hydrogen-bond donors (Lipinski definition) is 3. The Morgan fingerprint density at radius 1 is 0.304 bits per heavy atom. The molecule has 0 aliphatic rings. The summed E-state index contributed by atoms with van der Waals surface area (Å²) in [5.41, 5.74) is 0. The molecule has 0 aromatic carbocycles. The molecule has 0 amide bonds. The van der Waals surface area contributed by atoms with Gasteiger partial charge >= 0.3 is 39.5 Å². The third-order valence-electron chi connectivity index (χ3n) is 17.2. The summed E-state index contributed by atoms with van der Waals surface area (Å²) in [4.78, 5) is 72.5. The first-order valence-electron chi connectivity index (χ1n) is 37.7. The number of esters is 4. The van der Waals surface area contributed by atoms with Gasteiger partial charge in [0, 0.05) is 25.7 Å². The molecule has 0 spiro atoms. The first-order chi connectivity index (χ1) is 44.1. The van der Waals surface area contributed by atoms with Gasteiger partial charge in [0.15, 0.2) is 12.2 Å². The van der Waals surface area contributed by atoms with Gasteiger partial charge in [0.2, 0.25) is 0 Å². The molecule has 0 aromatic rings. The maximum atomic E-state index is 13.0. The summed E-state index contributed by atoms with van der Waals surface area (Å²) >= 11 is 0. The highest BCUT2D eigenvalue weighted by molar-refractivity contribution is 7.47. The fourth-order valence-corrected chi connectivity index (χ4v) is 12.6. The maximum Gasteiger partial charge on any atom is 0.472 e. The summed E-state index contributed by atoms with van der Waals surface area (Å²) in [5, 5.41) is 10.6. The van der Waals surface area contributed by atoms with Crippen LogP contribution in [0.5, 0.6) is 0 Å². The fraction of sp³-hybridized carbons (Fsp3) is 0.945. The second-order valence-electron chi connectivity index (χ2n) is 28.0. The molecular weight excluding hydrogens is 1210 g/mol. The molecule has 0 aliphatic carbocycles.